The zero-order chi connectivity index (χ0) is 12.4. The Bertz CT molecular complexity index is 506. The van der Waals surface area contributed by atoms with Gasteiger partial charge in [-0.2, -0.15) is 5.10 Å². The zero-order valence-corrected chi connectivity index (χ0v) is 10.3. The lowest BCUT2D eigenvalue weighted by Crippen LogP contribution is -2.22. The van der Waals surface area contributed by atoms with E-state index in [1.54, 1.807) is 0 Å². The minimum absolute atomic E-state index is 0.426. The summed E-state index contributed by atoms with van der Waals surface area (Å²) in [6.45, 7) is 2.13. The number of nitrogens with two attached hydrogens (primary N) is 1. The first-order chi connectivity index (χ1) is 8.83. The average molecular weight is 242 g/mol. The van der Waals surface area contributed by atoms with Crippen LogP contribution in [0.3, 0.4) is 0 Å². The van der Waals surface area contributed by atoms with Crippen LogP contribution in [0.2, 0.25) is 0 Å². The molecule has 4 nitrogen and oxygen atoms in total. The molecule has 2 aromatic rings. The number of aromatic nitrogens is 2. The molecule has 0 bridgehead atoms. The van der Waals surface area contributed by atoms with Crippen LogP contribution in [-0.4, -0.2) is 21.6 Å². The molecule has 2 heterocycles. The summed E-state index contributed by atoms with van der Waals surface area (Å²) in [4.78, 5) is 2.49. The number of rotatable bonds is 3. The minimum Gasteiger partial charge on any atom is -0.382 e. The topological polar surface area (TPSA) is 57.9 Å². The van der Waals surface area contributed by atoms with E-state index >= 15 is 0 Å². The Kier molecular flexibility index (Phi) is 3.02. The third-order valence-corrected chi connectivity index (χ3v) is 3.57. The molecule has 0 amide bonds. The second kappa shape index (κ2) is 4.82. The van der Waals surface area contributed by atoms with E-state index in [9.17, 15) is 0 Å². The SMILES string of the molecule is Nc1cc(C2CCCN2Cc2ccccc2)[nH]n1. The monoisotopic (exact) mass is 242 g/mol. The standard InChI is InChI=1S/C14H18N4/c15-14-9-12(16-17-14)13-7-4-8-18(13)10-11-5-2-1-3-6-11/h1-3,5-6,9,13H,4,7-8,10H2,(H3,15,16,17). The summed E-state index contributed by atoms with van der Waals surface area (Å²) in [5.41, 5.74) is 8.18. The van der Waals surface area contributed by atoms with E-state index in [2.05, 4.69) is 45.4 Å². The number of nitrogens with one attached hydrogen (secondary N) is 1. The lowest BCUT2D eigenvalue weighted by atomic mass is 10.1. The number of nitrogen functional groups attached to an aromatic ring is 1. The van der Waals surface area contributed by atoms with Gasteiger partial charge in [-0.05, 0) is 24.9 Å². The smallest absolute Gasteiger partial charge is 0.145 e. The Balaban J connectivity index is 1.75. The Labute approximate surface area is 107 Å². The Morgan fingerprint density at radius 1 is 1.33 bits per heavy atom. The van der Waals surface area contributed by atoms with Crippen LogP contribution < -0.4 is 5.73 Å². The number of benzene rings is 1. The largest absolute Gasteiger partial charge is 0.382 e. The van der Waals surface area contributed by atoms with Crippen molar-refractivity contribution in [1.29, 1.82) is 0 Å². The highest BCUT2D eigenvalue weighted by Gasteiger charge is 2.27. The first-order valence-corrected chi connectivity index (χ1v) is 6.42. The van der Waals surface area contributed by atoms with E-state index in [0.717, 1.165) is 18.8 Å². The lowest BCUT2D eigenvalue weighted by molar-refractivity contribution is 0.244. The molecule has 0 saturated carbocycles. The van der Waals surface area contributed by atoms with Crippen molar-refractivity contribution >= 4 is 5.82 Å². The molecule has 4 heteroatoms. The molecule has 1 fully saturated rings. The maximum absolute atomic E-state index is 5.68. The fraction of sp³-hybridized carbons (Fsp3) is 0.357. The van der Waals surface area contributed by atoms with Gasteiger partial charge in [-0.3, -0.25) is 10.00 Å². The second-order valence-electron chi connectivity index (χ2n) is 4.86. The van der Waals surface area contributed by atoms with Crippen molar-refractivity contribution < 1.29 is 0 Å². The van der Waals surface area contributed by atoms with E-state index in [1.165, 1.54) is 18.4 Å². The van der Waals surface area contributed by atoms with Gasteiger partial charge in [0, 0.05) is 12.6 Å². The third kappa shape index (κ3) is 2.24. The molecule has 1 aliphatic rings. The van der Waals surface area contributed by atoms with Crippen molar-refractivity contribution in [3.63, 3.8) is 0 Å². The quantitative estimate of drug-likeness (QED) is 0.868. The van der Waals surface area contributed by atoms with Gasteiger partial charge in [0.15, 0.2) is 0 Å². The number of aromatic amines is 1. The average Bonchev–Trinajstić information content (AvgIpc) is 2.99. The van der Waals surface area contributed by atoms with Crippen LogP contribution in [0.4, 0.5) is 5.82 Å². The van der Waals surface area contributed by atoms with Crippen LogP contribution in [0, 0.1) is 0 Å². The van der Waals surface area contributed by atoms with Gasteiger partial charge < -0.3 is 5.73 Å². The van der Waals surface area contributed by atoms with Gasteiger partial charge in [-0.1, -0.05) is 30.3 Å². The van der Waals surface area contributed by atoms with E-state index < -0.39 is 0 Å². The highest BCUT2D eigenvalue weighted by Crippen LogP contribution is 2.32. The lowest BCUT2D eigenvalue weighted by Gasteiger charge is -2.23. The molecule has 1 aromatic heterocycles. The molecule has 1 unspecified atom stereocenters. The zero-order valence-electron chi connectivity index (χ0n) is 10.3. The maximum atomic E-state index is 5.68. The summed E-state index contributed by atoms with van der Waals surface area (Å²) in [6, 6.07) is 13.0. The first-order valence-electron chi connectivity index (χ1n) is 6.42. The van der Waals surface area contributed by atoms with Crippen LogP contribution in [0.5, 0.6) is 0 Å². The third-order valence-electron chi connectivity index (χ3n) is 3.57. The van der Waals surface area contributed by atoms with Crippen molar-refractivity contribution in [2.45, 2.75) is 25.4 Å². The van der Waals surface area contributed by atoms with Crippen molar-refractivity contribution in [2.24, 2.45) is 0 Å². The molecule has 1 saturated heterocycles. The fourth-order valence-corrected chi connectivity index (χ4v) is 2.71. The molecular formula is C14H18N4. The molecule has 0 spiro atoms. The van der Waals surface area contributed by atoms with Crippen molar-refractivity contribution in [3.05, 3.63) is 47.7 Å². The molecule has 3 rings (SSSR count). The first kappa shape index (κ1) is 11.3. The predicted molar refractivity (Wildman–Crippen MR) is 71.8 cm³/mol. The van der Waals surface area contributed by atoms with E-state index in [0.29, 0.717) is 11.9 Å². The summed E-state index contributed by atoms with van der Waals surface area (Å²) in [6.07, 6.45) is 2.41. The van der Waals surface area contributed by atoms with Crippen LogP contribution in [0.1, 0.15) is 30.1 Å². The van der Waals surface area contributed by atoms with Crippen LogP contribution >= 0.6 is 0 Å². The summed E-state index contributed by atoms with van der Waals surface area (Å²) in [5, 5.41) is 7.08. The van der Waals surface area contributed by atoms with Gasteiger partial charge in [-0.15, -0.1) is 0 Å². The highest BCUT2D eigenvalue weighted by atomic mass is 15.2. The number of hydrogen-bond acceptors (Lipinski definition) is 3. The van der Waals surface area contributed by atoms with Gasteiger partial charge in [0.25, 0.3) is 0 Å². The number of nitrogens with zero attached hydrogens (tertiary/aromatic N) is 2. The predicted octanol–water partition coefficient (Wildman–Crippen LogP) is 2.33. The Morgan fingerprint density at radius 2 is 2.17 bits per heavy atom. The normalized spacial score (nSPS) is 20.3. The molecule has 1 aromatic carbocycles. The van der Waals surface area contributed by atoms with Gasteiger partial charge >= 0.3 is 0 Å². The Morgan fingerprint density at radius 3 is 2.89 bits per heavy atom. The van der Waals surface area contributed by atoms with Gasteiger partial charge in [0.05, 0.1) is 11.7 Å². The molecule has 0 radical (unpaired) electrons. The van der Waals surface area contributed by atoms with Crippen LogP contribution in [-0.2, 0) is 6.54 Å². The van der Waals surface area contributed by atoms with Gasteiger partial charge in [0.1, 0.15) is 5.82 Å². The number of anilines is 1. The van der Waals surface area contributed by atoms with Gasteiger partial charge in [0.2, 0.25) is 0 Å². The summed E-state index contributed by atoms with van der Waals surface area (Å²) >= 11 is 0. The van der Waals surface area contributed by atoms with Crippen molar-refractivity contribution in [1.82, 2.24) is 15.1 Å². The van der Waals surface area contributed by atoms with Crippen LogP contribution in [0.25, 0.3) is 0 Å². The molecule has 0 aliphatic carbocycles. The minimum atomic E-state index is 0.426. The summed E-state index contributed by atoms with van der Waals surface area (Å²) in [5.74, 6) is 0.580. The summed E-state index contributed by atoms with van der Waals surface area (Å²) in [7, 11) is 0. The molecular weight excluding hydrogens is 224 g/mol. The highest BCUT2D eigenvalue weighted by molar-refractivity contribution is 5.30. The van der Waals surface area contributed by atoms with E-state index in [1.807, 2.05) is 6.07 Å². The van der Waals surface area contributed by atoms with E-state index in [-0.39, 0.29) is 0 Å². The second-order valence-corrected chi connectivity index (χ2v) is 4.86. The molecule has 1 aliphatic heterocycles. The number of H-pyrrole nitrogens is 1. The molecule has 1 atom stereocenters. The number of likely N-dealkylation sites (tertiary alicyclic amines) is 1. The molecule has 18 heavy (non-hydrogen) atoms. The molecule has 94 valence electrons. The fourth-order valence-electron chi connectivity index (χ4n) is 2.71. The number of hydrogen-bond donors (Lipinski definition) is 2. The Hall–Kier alpha value is -1.81. The van der Waals surface area contributed by atoms with Crippen LogP contribution in [0.15, 0.2) is 36.4 Å². The molecule has 3 N–H and O–H groups in total. The van der Waals surface area contributed by atoms with Crippen molar-refractivity contribution in [2.75, 3.05) is 12.3 Å². The van der Waals surface area contributed by atoms with Crippen molar-refractivity contribution in [3.8, 4) is 0 Å². The maximum Gasteiger partial charge on any atom is 0.145 e. The van der Waals surface area contributed by atoms with Gasteiger partial charge in [-0.25, -0.2) is 0 Å². The van der Waals surface area contributed by atoms with E-state index in [4.69, 9.17) is 5.73 Å². The summed E-state index contributed by atoms with van der Waals surface area (Å²) < 4.78 is 0.